The summed E-state index contributed by atoms with van der Waals surface area (Å²) in [7, 11) is -1.70. The van der Waals surface area contributed by atoms with E-state index in [1.54, 1.807) is 20.8 Å². The summed E-state index contributed by atoms with van der Waals surface area (Å²) < 4.78 is 24.4. The number of nitriles is 1. The van der Waals surface area contributed by atoms with Crippen molar-refractivity contribution in [1.29, 1.82) is 5.26 Å². The molecule has 0 spiro atoms. The first-order chi connectivity index (χ1) is 5.84. The van der Waals surface area contributed by atoms with E-state index < -0.39 is 15.3 Å². The van der Waals surface area contributed by atoms with Gasteiger partial charge >= 0.3 is 0 Å². The summed E-state index contributed by atoms with van der Waals surface area (Å²) in [5, 5.41) is 7.99. The van der Waals surface area contributed by atoms with Crippen molar-refractivity contribution < 1.29 is 8.42 Å². The molecule has 0 N–H and O–H groups in total. The third-order valence-corrected chi connectivity index (χ3v) is 4.36. The topological polar surface area (TPSA) is 61.2 Å². The molecule has 1 atom stereocenters. The summed E-state index contributed by atoms with van der Waals surface area (Å²) in [5.74, 6) is 0. The molecule has 0 saturated carbocycles. The Balaban J connectivity index is 4.62. The minimum atomic E-state index is -3.22. The Kier molecular flexibility index (Phi) is 4.37. The lowest BCUT2D eigenvalue weighted by Crippen LogP contribution is -2.39. The van der Waals surface area contributed by atoms with E-state index >= 15 is 0 Å². The third kappa shape index (κ3) is 2.98. The smallest absolute Gasteiger partial charge is 0.212 e. The molecule has 0 saturated heterocycles. The fourth-order valence-electron chi connectivity index (χ4n) is 0.844. The third-order valence-electron chi connectivity index (χ3n) is 2.00. The highest BCUT2D eigenvalue weighted by Gasteiger charge is 2.25. The van der Waals surface area contributed by atoms with Crippen LogP contribution in [0, 0.1) is 11.3 Å². The van der Waals surface area contributed by atoms with E-state index in [1.165, 1.54) is 11.4 Å². The van der Waals surface area contributed by atoms with Crippen LogP contribution in [0.1, 0.15) is 27.2 Å². The molecule has 13 heavy (non-hydrogen) atoms. The Labute approximate surface area is 80.2 Å². The molecule has 0 aromatic carbocycles. The van der Waals surface area contributed by atoms with Crippen LogP contribution in [0.15, 0.2) is 0 Å². The highest BCUT2D eigenvalue weighted by Crippen LogP contribution is 2.11. The molecule has 0 aliphatic carbocycles. The van der Waals surface area contributed by atoms with Gasteiger partial charge in [0.1, 0.15) is 0 Å². The van der Waals surface area contributed by atoms with Crippen LogP contribution in [-0.2, 0) is 10.0 Å². The van der Waals surface area contributed by atoms with Gasteiger partial charge in [0.15, 0.2) is 0 Å². The van der Waals surface area contributed by atoms with Crippen LogP contribution < -0.4 is 0 Å². The van der Waals surface area contributed by atoms with Gasteiger partial charge in [-0.25, -0.2) is 12.7 Å². The highest BCUT2D eigenvalue weighted by molar-refractivity contribution is 7.89. The molecule has 0 fully saturated rings. The van der Waals surface area contributed by atoms with Crippen LogP contribution in [0.5, 0.6) is 0 Å². The summed E-state index contributed by atoms with van der Waals surface area (Å²) in [6.07, 6.45) is 0.225. The first kappa shape index (κ1) is 12.4. The van der Waals surface area contributed by atoms with Gasteiger partial charge in [0, 0.05) is 13.1 Å². The van der Waals surface area contributed by atoms with E-state index in [1.807, 2.05) is 6.07 Å². The number of nitrogens with zero attached hydrogens (tertiary/aromatic N) is 2. The lowest BCUT2D eigenvalue weighted by atomic mass is 10.3. The van der Waals surface area contributed by atoms with Crippen LogP contribution >= 0.6 is 0 Å². The predicted octanol–water partition coefficient (Wildman–Crippen LogP) is 0.959. The van der Waals surface area contributed by atoms with Gasteiger partial charge in [0.05, 0.1) is 17.7 Å². The molecule has 0 aliphatic heterocycles. The summed E-state index contributed by atoms with van der Waals surface area (Å²) in [6, 6.07) is 1.70. The van der Waals surface area contributed by atoms with Gasteiger partial charge in [-0.2, -0.15) is 5.26 Å². The maximum Gasteiger partial charge on any atom is 0.216 e. The molecule has 0 bridgehead atoms. The van der Waals surface area contributed by atoms with E-state index in [-0.39, 0.29) is 12.5 Å². The van der Waals surface area contributed by atoms with Gasteiger partial charge in [0.2, 0.25) is 10.0 Å². The Hall–Kier alpha value is -0.600. The van der Waals surface area contributed by atoms with Crippen LogP contribution in [0.4, 0.5) is 0 Å². The minimum Gasteiger partial charge on any atom is -0.212 e. The molecule has 1 unspecified atom stereocenters. The Morgan fingerprint density at radius 2 is 1.85 bits per heavy atom. The largest absolute Gasteiger partial charge is 0.216 e. The molecule has 0 aliphatic rings. The van der Waals surface area contributed by atoms with Crippen molar-refractivity contribution in [2.75, 3.05) is 7.05 Å². The quantitative estimate of drug-likeness (QED) is 0.685. The van der Waals surface area contributed by atoms with Gasteiger partial charge < -0.3 is 0 Å². The first-order valence-electron chi connectivity index (χ1n) is 4.17. The average Bonchev–Trinajstić information content (AvgIpc) is 2.03. The van der Waals surface area contributed by atoms with Crippen molar-refractivity contribution in [2.45, 2.75) is 38.5 Å². The van der Waals surface area contributed by atoms with Gasteiger partial charge in [-0.1, -0.05) is 0 Å². The van der Waals surface area contributed by atoms with E-state index in [0.29, 0.717) is 0 Å². The van der Waals surface area contributed by atoms with Gasteiger partial charge in [-0.15, -0.1) is 0 Å². The first-order valence-corrected chi connectivity index (χ1v) is 5.68. The standard InChI is InChI=1S/C8H16N2O2S/c1-7(2)13(11,12)10(4)8(3)5-6-9/h7-8H,5H2,1-4H3. The van der Waals surface area contributed by atoms with Crippen LogP contribution in [-0.4, -0.2) is 31.1 Å². The molecule has 0 heterocycles. The molecule has 0 radical (unpaired) electrons. The number of hydrogen-bond acceptors (Lipinski definition) is 3. The zero-order chi connectivity index (χ0) is 10.6. The van der Waals surface area contributed by atoms with Crippen molar-refractivity contribution in [1.82, 2.24) is 4.31 Å². The van der Waals surface area contributed by atoms with Crippen molar-refractivity contribution in [3.8, 4) is 6.07 Å². The fraction of sp³-hybridized carbons (Fsp3) is 0.875. The number of sulfonamides is 1. The zero-order valence-electron chi connectivity index (χ0n) is 8.48. The summed E-state index contributed by atoms with van der Waals surface area (Å²) in [6.45, 7) is 4.99. The second kappa shape index (κ2) is 4.58. The second-order valence-electron chi connectivity index (χ2n) is 3.32. The summed E-state index contributed by atoms with van der Waals surface area (Å²) >= 11 is 0. The maximum atomic E-state index is 11.6. The van der Waals surface area contributed by atoms with E-state index in [2.05, 4.69) is 0 Å². The molecule has 5 heteroatoms. The van der Waals surface area contributed by atoms with Crippen LogP contribution in [0.25, 0.3) is 0 Å². The van der Waals surface area contributed by atoms with Crippen LogP contribution in [0.2, 0.25) is 0 Å². The predicted molar refractivity (Wildman–Crippen MR) is 51.5 cm³/mol. The van der Waals surface area contributed by atoms with Crippen molar-refractivity contribution in [3.05, 3.63) is 0 Å². The van der Waals surface area contributed by atoms with Crippen molar-refractivity contribution >= 4 is 10.0 Å². The van der Waals surface area contributed by atoms with E-state index in [0.717, 1.165) is 0 Å². The van der Waals surface area contributed by atoms with Crippen molar-refractivity contribution in [2.24, 2.45) is 0 Å². The lowest BCUT2D eigenvalue weighted by molar-refractivity contribution is 0.389. The lowest BCUT2D eigenvalue weighted by Gasteiger charge is -2.24. The van der Waals surface area contributed by atoms with Gasteiger partial charge in [0.25, 0.3) is 0 Å². The molecule has 0 aromatic rings. The van der Waals surface area contributed by atoms with Gasteiger partial charge in [-0.05, 0) is 20.8 Å². The summed E-state index contributed by atoms with van der Waals surface area (Å²) in [4.78, 5) is 0. The monoisotopic (exact) mass is 204 g/mol. The van der Waals surface area contributed by atoms with Crippen molar-refractivity contribution in [3.63, 3.8) is 0 Å². The number of rotatable bonds is 4. The maximum absolute atomic E-state index is 11.6. The number of hydrogen-bond donors (Lipinski definition) is 0. The van der Waals surface area contributed by atoms with Crippen LogP contribution in [0.3, 0.4) is 0 Å². The highest BCUT2D eigenvalue weighted by atomic mass is 32.2. The molecule has 0 amide bonds. The Bertz CT molecular complexity index is 290. The second-order valence-corrected chi connectivity index (χ2v) is 5.87. The Morgan fingerprint density at radius 3 is 2.15 bits per heavy atom. The molecule has 4 nitrogen and oxygen atoms in total. The SMILES string of the molecule is CC(CC#N)N(C)S(=O)(=O)C(C)C. The normalized spacial score (nSPS) is 14.5. The van der Waals surface area contributed by atoms with E-state index in [9.17, 15) is 8.42 Å². The average molecular weight is 204 g/mol. The minimum absolute atomic E-state index is 0.225. The van der Waals surface area contributed by atoms with Gasteiger partial charge in [-0.3, -0.25) is 0 Å². The summed E-state index contributed by atoms with van der Waals surface area (Å²) in [5.41, 5.74) is 0. The zero-order valence-corrected chi connectivity index (χ0v) is 9.30. The molecule has 0 aromatic heterocycles. The molecule has 76 valence electrons. The molecular weight excluding hydrogens is 188 g/mol. The molecular formula is C8H16N2O2S. The fourth-order valence-corrected chi connectivity index (χ4v) is 2.09. The van der Waals surface area contributed by atoms with E-state index in [4.69, 9.17) is 5.26 Å². The Morgan fingerprint density at radius 1 is 1.38 bits per heavy atom. The molecule has 0 rings (SSSR count).